The van der Waals surface area contributed by atoms with Crippen LogP contribution >= 0.6 is 11.8 Å². The number of thioether (sulfide) groups is 1. The fraction of sp³-hybridized carbons (Fsp3) is 0.938. The summed E-state index contributed by atoms with van der Waals surface area (Å²) in [7, 11) is 0. The molecule has 1 fully saturated rings. The smallest absolute Gasteiger partial charge is 0.410 e. The highest BCUT2D eigenvalue weighted by Gasteiger charge is 2.27. The third kappa shape index (κ3) is 7.96. The molecule has 1 N–H and O–H groups in total. The van der Waals surface area contributed by atoms with E-state index in [2.05, 4.69) is 18.5 Å². The molecule has 1 saturated heterocycles. The molecule has 1 amide bonds. The third-order valence-corrected chi connectivity index (χ3v) is 4.32. The second-order valence-corrected chi connectivity index (χ2v) is 8.01. The number of rotatable bonds is 6. The number of nitrogens with one attached hydrogen (secondary N) is 1. The van der Waals surface area contributed by atoms with Crippen LogP contribution in [0.3, 0.4) is 0 Å². The zero-order chi connectivity index (χ0) is 15.9. The highest BCUT2D eigenvalue weighted by molar-refractivity contribution is 7.98. The molecule has 1 rings (SSSR count). The quantitative estimate of drug-likeness (QED) is 0.816. The number of likely N-dealkylation sites (tertiary alicyclic amines) is 1. The number of piperidine rings is 1. The molecule has 0 aromatic carbocycles. The van der Waals surface area contributed by atoms with Gasteiger partial charge in [0.15, 0.2) is 0 Å². The first-order valence-corrected chi connectivity index (χ1v) is 9.41. The Morgan fingerprint density at radius 2 is 2.19 bits per heavy atom. The van der Waals surface area contributed by atoms with E-state index >= 15 is 0 Å². The van der Waals surface area contributed by atoms with Crippen LogP contribution in [-0.4, -0.2) is 54.3 Å². The van der Waals surface area contributed by atoms with Gasteiger partial charge in [-0.05, 0) is 71.4 Å². The highest BCUT2D eigenvalue weighted by atomic mass is 32.2. The van der Waals surface area contributed by atoms with Gasteiger partial charge in [0, 0.05) is 19.1 Å². The summed E-state index contributed by atoms with van der Waals surface area (Å²) in [5, 5.41) is 3.60. The lowest BCUT2D eigenvalue weighted by Gasteiger charge is -2.34. The normalized spacial score (nSPS) is 21.2. The van der Waals surface area contributed by atoms with Crippen molar-refractivity contribution in [2.24, 2.45) is 5.92 Å². The first-order chi connectivity index (χ1) is 9.81. The van der Waals surface area contributed by atoms with Gasteiger partial charge in [0.1, 0.15) is 5.60 Å². The fourth-order valence-electron chi connectivity index (χ4n) is 2.49. The van der Waals surface area contributed by atoms with Crippen LogP contribution < -0.4 is 5.32 Å². The number of ether oxygens (including phenoxy) is 1. The van der Waals surface area contributed by atoms with E-state index in [9.17, 15) is 4.79 Å². The molecule has 21 heavy (non-hydrogen) atoms. The molecule has 1 heterocycles. The third-order valence-electron chi connectivity index (χ3n) is 3.68. The topological polar surface area (TPSA) is 41.6 Å². The molecule has 0 bridgehead atoms. The van der Waals surface area contributed by atoms with Gasteiger partial charge in [-0.25, -0.2) is 4.79 Å². The summed E-state index contributed by atoms with van der Waals surface area (Å²) in [5.74, 6) is 1.74. The lowest BCUT2D eigenvalue weighted by atomic mass is 9.98. The first-order valence-electron chi connectivity index (χ1n) is 8.02. The van der Waals surface area contributed by atoms with Crippen molar-refractivity contribution >= 4 is 17.9 Å². The SMILES string of the molecule is CSCCC(C)NCC1CCCN(C(=O)OC(C)(C)C)C1. The van der Waals surface area contributed by atoms with Crippen LogP contribution in [-0.2, 0) is 4.74 Å². The van der Waals surface area contributed by atoms with E-state index in [1.54, 1.807) is 0 Å². The van der Waals surface area contributed by atoms with Crippen molar-refractivity contribution in [3.8, 4) is 0 Å². The van der Waals surface area contributed by atoms with Crippen molar-refractivity contribution in [3.05, 3.63) is 0 Å². The van der Waals surface area contributed by atoms with Crippen molar-refractivity contribution in [2.75, 3.05) is 31.6 Å². The monoisotopic (exact) mass is 316 g/mol. The molecule has 0 spiro atoms. The molecule has 0 aromatic rings. The Balaban J connectivity index is 2.33. The summed E-state index contributed by atoms with van der Waals surface area (Å²) in [6.07, 6.45) is 5.45. The van der Waals surface area contributed by atoms with Gasteiger partial charge in [0.25, 0.3) is 0 Å². The van der Waals surface area contributed by atoms with Crippen LogP contribution in [0.25, 0.3) is 0 Å². The predicted octanol–water partition coefficient (Wildman–Crippen LogP) is 3.36. The Morgan fingerprint density at radius 3 is 2.81 bits per heavy atom. The average Bonchev–Trinajstić information content (AvgIpc) is 2.41. The van der Waals surface area contributed by atoms with Crippen molar-refractivity contribution in [3.63, 3.8) is 0 Å². The Kier molecular flexibility index (Phi) is 7.88. The molecule has 0 saturated carbocycles. The van der Waals surface area contributed by atoms with Crippen molar-refractivity contribution in [2.45, 2.75) is 58.6 Å². The van der Waals surface area contributed by atoms with E-state index in [-0.39, 0.29) is 6.09 Å². The second-order valence-electron chi connectivity index (χ2n) is 7.03. The van der Waals surface area contributed by atoms with E-state index in [0.717, 1.165) is 26.1 Å². The summed E-state index contributed by atoms with van der Waals surface area (Å²) >= 11 is 1.89. The number of carbonyl (C=O) groups excluding carboxylic acids is 1. The molecule has 2 unspecified atom stereocenters. The molecule has 0 aliphatic carbocycles. The van der Waals surface area contributed by atoms with Crippen molar-refractivity contribution in [1.82, 2.24) is 10.2 Å². The lowest BCUT2D eigenvalue weighted by Crippen LogP contribution is -2.45. The van der Waals surface area contributed by atoms with Gasteiger partial charge < -0.3 is 15.0 Å². The summed E-state index contributed by atoms with van der Waals surface area (Å²) in [6.45, 7) is 10.6. The Labute approximate surface area is 134 Å². The van der Waals surface area contributed by atoms with Gasteiger partial charge in [-0.3, -0.25) is 0 Å². The summed E-state index contributed by atoms with van der Waals surface area (Å²) in [6, 6.07) is 0.550. The van der Waals surface area contributed by atoms with Crippen molar-refractivity contribution in [1.29, 1.82) is 0 Å². The van der Waals surface area contributed by atoms with Crippen LogP contribution in [0.4, 0.5) is 4.79 Å². The standard InChI is InChI=1S/C16H32N2O2S/c1-13(8-10-21-5)17-11-14-7-6-9-18(12-14)15(19)20-16(2,3)4/h13-14,17H,6-12H2,1-5H3. The zero-order valence-corrected chi connectivity index (χ0v) is 15.1. The molecule has 4 nitrogen and oxygen atoms in total. The number of nitrogens with zero attached hydrogens (tertiary/aromatic N) is 1. The summed E-state index contributed by atoms with van der Waals surface area (Å²) in [4.78, 5) is 14.0. The first kappa shape index (κ1) is 18.6. The van der Waals surface area contributed by atoms with E-state index in [0.29, 0.717) is 12.0 Å². The fourth-order valence-corrected chi connectivity index (χ4v) is 3.08. The number of hydrogen-bond donors (Lipinski definition) is 1. The molecule has 5 heteroatoms. The van der Waals surface area contributed by atoms with Gasteiger partial charge in [-0.15, -0.1) is 0 Å². The Bertz CT molecular complexity index is 318. The van der Waals surface area contributed by atoms with Gasteiger partial charge in [0.2, 0.25) is 0 Å². The molecule has 1 aliphatic rings. The minimum atomic E-state index is -0.408. The Morgan fingerprint density at radius 1 is 1.48 bits per heavy atom. The zero-order valence-electron chi connectivity index (χ0n) is 14.3. The number of amides is 1. The van der Waals surface area contributed by atoms with E-state index in [1.165, 1.54) is 18.6 Å². The minimum absolute atomic E-state index is 0.164. The number of hydrogen-bond acceptors (Lipinski definition) is 4. The molecule has 0 aromatic heterocycles. The molecular weight excluding hydrogens is 284 g/mol. The van der Waals surface area contributed by atoms with Gasteiger partial charge in [-0.1, -0.05) is 0 Å². The predicted molar refractivity (Wildman–Crippen MR) is 91.0 cm³/mol. The van der Waals surface area contributed by atoms with Crippen LogP contribution in [0.15, 0.2) is 0 Å². The van der Waals surface area contributed by atoms with E-state index in [1.807, 2.05) is 37.4 Å². The summed E-state index contributed by atoms with van der Waals surface area (Å²) in [5.41, 5.74) is -0.408. The molecule has 2 atom stereocenters. The molecule has 124 valence electrons. The van der Waals surface area contributed by atoms with Gasteiger partial charge in [0.05, 0.1) is 0 Å². The van der Waals surface area contributed by atoms with Crippen LogP contribution in [0, 0.1) is 5.92 Å². The van der Waals surface area contributed by atoms with Gasteiger partial charge >= 0.3 is 6.09 Å². The van der Waals surface area contributed by atoms with Gasteiger partial charge in [-0.2, -0.15) is 11.8 Å². The second kappa shape index (κ2) is 8.89. The molecule has 1 aliphatic heterocycles. The maximum absolute atomic E-state index is 12.1. The van der Waals surface area contributed by atoms with E-state index < -0.39 is 5.60 Å². The van der Waals surface area contributed by atoms with Crippen LogP contribution in [0.5, 0.6) is 0 Å². The average molecular weight is 317 g/mol. The van der Waals surface area contributed by atoms with Crippen molar-refractivity contribution < 1.29 is 9.53 Å². The largest absolute Gasteiger partial charge is 0.444 e. The van der Waals surface area contributed by atoms with Crippen LogP contribution in [0.1, 0.15) is 47.0 Å². The Hall–Kier alpha value is -0.420. The lowest BCUT2D eigenvalue weighted by molar-refractivity contribution is 0.0165. The molecule has 0 radical (unpaired) electrons. The molecular formula is C16H32N2O2S. The minimum Gasteiger partial charge on any atom is -0.444 e. The summed E-state index contributed by atoms with van der Waals surface area (Å²) < 4.78 is 5.47. The number of carbonyl (C=O) groups is 1. The highest BCUT2D eigenvalue weighted by Crippen LogP contribution is 2.19. The maximum Gasteiger partial charge on any atom is 0.410 e. The maximum atomic E-state index is 12.1. The van der Waals surface area contributed by atoms with E-state index in [4.69, 9.17) is 4.74 Å². The van der Waals surface area contributed by atoms with Crippen LogP contribution in [0.2, 0.25) is 0 Å².